The standard InChI is InChI=1S/C12H18N4O/c1-8-9(13)5-6-11(15-8)16-7-3-2-4-10(16)12(14)17/h5-6,10H,2-4,7,13H2,1H3,(H2,14,17). The summed E-state index contributed by atoms with van der Waals surface area (Å²) in [5, 5.41) is 0. The fourth-order valence-electron chi connectivity index (χ4n) is 2.22. The number of hydrogen-bond acceptors (Lipinski definition) is 4. The quantitative estimate of drug-likeness (QED) is 0.793. The van der Waals surface area contributed by atoms with Crippen molar-refractivity contribution >= 4 is 17.4 Å². The van der Waals surface area contributed by atoms with Crippen molar-refractivity contribution in [1.82, 2.24) is 4.98 Å². The molecule has 2 heterocycles. The first-order valence-corrected chi connectivity index (χ1v) is 5.88. The average molecular weight is 234 g/mol. The molecule has 0 radical (unpaired) electrons. The van der Waals surface area contributed by atoms with Crippen molar-refractivity contribution < 1.29 is 4.79 Å². The van der Waals surface area contributed by atoms with Gasteiger partial charge in [-0.15, -0.1) is 0 Å². The van der Waals surface area contributed by atoms with Crippen LogP contribution in [-0.4, -0.2) is 23.5 Å². The Balaban J connectivity index is 2.29. The smallest absolute Gasteiger partial charge is 0.240 e. The summed E-state index contributed by atoms with van der Waals surface area (Å²) in [4.78, 5) is 17.8. The minimum absolute atomic E-state index is 0.237. The summed E-state index contributed by atoms with van der Waals surface area (Å²) in [5.41, 5.74) is 12.6. The summed E-state index contributed by atoms with van der Waals surface area (Å²) in [5.74, 6) is 0.515. The van der Waals surface area contributed by atoms with Crippen LogP contribution >= 0.6 is 0 Å². The number of pyridine rings is 1. The Morgan fingerprint density at radius 3 is 2.88 bits per heavy atom. The molecule has 2 rings (SSSR count). The van der Waals surface area contributed by atoms with Gasteiger partial charge in [0.05, 0.1) is 11.4 Å². The first kappa shape index (κ1) is 11.7. The summed E-state index contributed by atoms with van der Waals surface area (Å²) >= 11 is 0. The van der Waals surface area contributed by atoms with Gasteiger partial charge < -0.3 is 16.4 Å². The number of nitrogen functional groups attached to an aromatic ring is 1. The van der Waals surface area contributed by atoms with E-state index in [2.05, 4.69) is 4.98 Å². The molecular formula is C12H18N4O. The highest BCUT2D eigenvalue weighted by Crippen LogP contribution is 2.24. The number of aryl methyl sites for hydroxylation is 1. The minimum atomic E-state index is -0.277. The van der Waals surface area contributed by atoms with Gasteiger partial charge in [-0.2, -0.15) is 0 Å². The monoisotopic (exact) mass is 234 g/mol. The fraction of sp³-hybridized carbons (Fsp3) is 0.500. The predicted molar refractivity (Wildman–Crippen MR) is 67.6 cm³/mol. The largest absolute Gasteiger partial charge is 0.397 e. The Labute approximate surface area is 101 Å². The molecule has 0 aliphatic carbocycles. The normalized spacial score (nSPS) is 20.3. The van der Waals surface area contributed by atoms with E-state index in [1.807, 2.05) is 24.0 Å². The number of hydrogen-bond donors (Lipinski definition) is 2. The van der Waals surface area contributed by atoms with E-state index in [-0.39, 0.29) is 11.9 Å². The number of aromatic nitrogens is 1. The van der Waals surface area contributed by atoms with Crippen LogP contribution in [0.25, 0.3) is 0 Å². The molecule has 92 valence electrons. The maximum Gasteiger partial charge on any atom is 0.240 e. The second kappa shape index (κ2) is 4.61. The summed E-state index contributed by atoms with van der Waals surface area (Å²) in [6, 6.07) is 3.44. The highest BCUT2D eigenvalue weighted by Gasteiger charge is 2.27. The van der Waals surface area contributed by atoms with Gasteiger partial charge in [-0.05, 0) is 38.3 Å². The molecule has 1 aromatic rings. The van der Waals surface area contributed by atoms with Crippen LogP contribution in [0.2, 0.25) is 0 Å². The van der Waals surface area contributed by atoms with Gasteiger partial charge in [0.15, 0.2) is 0 Å². The zero-order chi connectivity index (χ0) is 12.4. The molecule has 5 heteroatoms. The number of primary amides is 1. The van der Waals surface area contributed by atoms with Gasteiger partial charge in [-0.3, -0.25) is 4.79 Å². The SMILES string of the molecule is Cc1nc(N2CCCCC2C(N)=O)ccc1N. The lowest BCUT2D eigenvalue weighted by molar-refractivity contribution is -0.119. The average Bonchev–Trinajstić information content (AvgIpc) is 2.32. The van der Waals surface area contributed by atoms with Gasteiger partial charge in [-0.25, -0.2) is 4.98 Å². The molecule has 0 saturated carbocycles. The lowest BCUT2D eigenvalue weighted by Gasteiger charge is -2.34. The number of nitrogens with two attached hydrogens (primary N) is 2. The van der Waals surface area contributed by atoms with Gasteiger partial charge in [0.25, 0.3) is 0 Å². The van der Waals surface area contributed by atoms with Crippen LogP contribution in [0.5, 0.6) is 0 Å². The number of carbonyl (C=O) groups excluding carboxylic acids is 1. The Hall–Kier alpha value is -1.78. The Morgan fingerprint density at radius 2 is 2.24 bits per heavy atom. The number of carbonyl (C=O) groups is 1. The number of piperidine rings is 1. The van der Waals surface area contributed by atoms with Crippen LogP contribution in [-0.2, 0) is 4.79 Å². The van der Waals surface area contributed by atoms with E-state index >= 15 is 0 Å². The molecule has 1 aliphatic rings. The topological polar surface area (TPSA) is 85.2 Å². The minimum Gasteiger partial charge on any atom is -0.397 e. The van der Waals surface area contributed by atoms with Crippen LogP contribution < -0.4 is 16.4 Å². The molecule has 1 amide bonds. The van der Waals surface area contributed by atoms with Crippen LogP contribution in [0.1, 0.15) is 25.0 Å². The Kier molecular flexibility index (Phi) is 3.17. The lowest BCUT2D eigenvalue weighted by atomic mass is 10.0. The second-order valence-electron chi connectivity index (χ2n) is 4.45. The zero-order valence-electron chi connectivity index (χ0n) is 10.0. The number of nitrogens with zero attached hydrogens (tertiary/aromatic N) is 2. The highest BCUT2D eigenvalue weighted by molar-refractivity contribution is 5.83. The van der Waals surface area contributed by atoms with E-state index in [0.29, 0.717) is 5.69 Å². The molecule has 1 aromatic heterocycles. The summed E-state index contributed by atoms with van der Waals surface area (Å²) in [7, 11) is 0. The van der Waals surface area contributed by atoms with Crippen molar-refractivity contribution in [2.45, 2.75) is 32.2 Å². The summed E-state index contributed by atoms with van der Waals surface area (Å²) in [6.45, 7) is 2.69. The van der Waals surface area contributed by atoms with Gasteiger partial charge in [0, 0.05) is 6.54 Å². The first-order valence-electron chi connectivity index (χ1n) is 5.88. The molecule has 0 aromatic carbocycles. The number of amides is 1. The molecule has 1 unspecified atom stereocenters. The summed E-state index contributed by atoms with van der Waals surface area (Å²) < 4.78 is 0. The molecule has 5 nitrogen and oxygen atoms in total. The molecule has 17 heavy (non-hydrogen) atoms. The maximum absolute atomic E-state index is 11.4. The second-order valence-corrected chi connectivity index (χ2v) is 4.45. The van der Waals surface area contributed by atoms with Crippen molar-refractivity contribution in [2.75, 3.05) is 17.2 Å². The molecular weight excluding hydrogens is 216 g/mol. The molecule has 1 atom stereocenters. The van der Waals surface area contributed by atoms with E-state index < -0.39 is 0 Å². The van der Waals surface area contributed by atoms with E-state index in [1.165, 1.54) is 0 Å². The molecule has 1 saturated heterocycles. The third kappa shape index (κ3) is 2.33. The number of rotatable bonds is 2. The maximum atomic E-state index is 11.4. The van der Waals surface area contributed by atoms with Crippen LogP contribution in [0.15, 0.2) is 12.1 Å². The number of anilines is 2. The Bertz CT molecular complexity index is 433. The van der Waals surface area contributed by atoms with E-state index in [0.717, 1.165) is 37.3 Å². The van der Waals surface area contributed by atoms with Crippen molar-refractivity contribution in [3.05, 3.63) is 17.8 Å². The van der Waals surface area contributed by atoms with E-state index in [1.54, 1.807) is 0 Å². The molecule has 0 bridgehead atoms. The van der Waals surface area contributed by atoms with Crippen LogP contribution in [0, 0.1) is 6.92 Å². The van der Waals surface area contributed by atoms with E-state index in [9.17, 15) is 4.79 Å². The third-order valence-electron chi connectivity index (χ3n) is 3.24. The molecule has 0 spiro atoms. The van der Waals surface area contributed by atoms with Gasteiger partial charge in [-0.1, -0.05) is 0 Å². The van der Waals surface area contributed by atoms with Crippen molar-refractivity contribution in [3.8, 4) is 0 Å². The molecule has 1 aliphatic heterocycles. The van der Waals surface area contributed by atoms with Gasteiger partial charge in [0.1, 0.15) is 11.9 Å². The lowest BCUT2D eigenvalue weighted by Crippen LogP contribution is -2.48. The molecule has 1 fully saturated rings. The van der Waals surface area contributed by atoms with Crippen molar-refractivity contribution in [1.29, 1.82) is 0 Å². The first-order chi connectivity index (χ1) is 8.09. The van der Waals surface area contributed by atoms with Gasteiger partial charge >= 0.3 is 0 Å². The summed E-state index contributed by atoms with van der Waals surface area (Å²) in [6.07, 6.45) is 2.91. The molecule has 4 N–H and O–H groups in total. The van der Waals surface area contributed by atoms with Crippen LogP contribution in [0.4, 0.5) is 11.5 Å². The van der Waals surface area contributed by atoms with Crippen molar-refractivity contribution in [2.24, 2.45) is 5.73 Å². The third-order valence-corrected chi connectivity index (χ3v) is 3.24. The van der Waals surface area contributed by atoms with Crippen molar-refractivity contribution in [3.63, 3.8) is 0 Å². The zero-order valence-corrected chi connectivity index (χ0v) is 10.0. The van der Waals surface area contributed by atoms with Crippen LogP contribution in [0.3, 0.4) is 0 Å². The van der Waals surface area contributed by atoms with Gasteiger partial charge in [0.2, 0.25) is 5.91 Å². The predicted octanol–water partition coefficient (Wildman–Crippen LogP) is 0.816. The Morgan fingerprint density at radius 1 is 1.47 bits per heavy atom. The fourth-order valence-corrected chi connectivity index (χ4v) is 2.22. The highest BCUT2D eigenvalue weighted by atomic mass is 16.1. The van der Waals surface area contributed by atoms with E-state index in [4.69, 9.17) is 11.5 Å².